The molecule has 3 aromatic carbocycles. The number of rotatable bonds is 9. The molecule has 0 fully saturated rings. The Balaban J connectivity index is 1.67. The highest BCUT2D eigenvalue weighted by atomic mass is 32.2. The lowest BCUT2D eigenvalue weighted by molar-refractivity contribution is -0.149. The van der Waals surface area contributed by atoms with Crippen molar-refractivity contribution in [2.75, 3.05) is 11.5 Å². The van der Waals surface area contributed by atoms with Gasteiger partial charge >= 0.3 is 5.97 Å². The summed E-state index contributed by atoms with van der Waals surface area (Å²) in [7, 11) is -3.91. The molecule has 0 aliphatic rings. The van der Waals surface area contributed by atoms with Crippen LogP contribution in [-0.2, 0) is 30.9 Å². The van der Waals surface area contributed by atoms with Crippen molar-refractivity contribution in [2.45, 2.75) is 38.3 Å². The van der Waals surface area contributed by atoms with Gasteiger partial charge in [0.2, 0.25) is 10.0 Å². The third kappa shape index (κ3) is 6.76. The van der Waals surface area contributed by atoms with Gasteiger partial charge in [-0.05, 0) is 56.2 Å². The number of nitrogens with one attached hydrogen (secondary N) is 1. The molecule has 1 atom stereocenters. The molecule has 178 valence electrons. The zero-order chi connectivity index (χ0) is 24.7. The summed E-state index contributed by atoms with van der Waals surface area (Å²) in [6.07, 6.45) is 0. The Hall–Kier alpha value is -3.49. The molecule has 0 radical (unpaired) electrons. The second-order valence-electron chi connectivity index (χ2n) is 8.07. The van der Waals surface area contributed by atoms with Gasteiger partial charge in [0, 0.05) is 5.69 Å². The molecule has 3 aromatic rings. The number of carbonyl (C=O) groups excluding carboxylic acids is 2. The number of hydrogen-bond donors (Lipinski definition) is 1. The van der Waals surface area contributed by atoms with Crippen molar-refractivity contribution in [3.63, 3.8) is 0 Å². The molecular formula is C26H28N2O5S. The molecule has 0 saturated heterocycles. The van der Waals surface area contributed by atoms with Crippen molar-refractivity contribution >= 4 is 27.6 Å². The van der Waals surface area contributed by atoms with E-state index in [1.54, 1.807) is 12.1 Å². The van der Waals surface area contributed by atoms with Gasteiger partial charge in [0.1, 0.15) is 6.04 Å². The molecule has 0 aliphatic heterocycles. The minimum absolute atomic E-state index is 0.0438. The summed E-state index contributed by atoms with van der Waals surface area (Å²) in [5.41, 5.74) is 3.50. The number of esters is 1. The normalized spacial score (nSPS) is 12.1. The summed E-state index contributed by atoms with van der Waals surface area (Å²) in [4.78, 5) is 27.1. The molecule has 0 spiro atoms. The Bertz CT molecular complexity index is 1240. The summed E-state index contributed by atoms with van der Waals surface area (Å²) >= 11 is 0. The van der Waals surface area contributed by atoms with Gasteiger partial charge in [-0.1, -0.05) is 60.2 Å². The van der Waals surface area contributed by atoms with Gasteiger partial charge in [-0.25, -0.2) is 8.42 Å². The summed E-state index contributed by atoms with van der Waals surface area (Å²) in [5, 5.41) is 0. The van der Waals surface area contributed by atoms with Crippen molar-refractivity contribution in [3.8, 4) is 0 Å². The lowest BCUT2D eigenvalue weighted by atomic mass is 10.1. The number of nitrogens with zero attached hydrogens (tertiary/aromatic N) is 1. The first-order valence-corrected chi connectivity index (χ1v) is 12.3. The van der Waals surface area contributed by atoms with Crippen LogP contribution in [0.4, 0.5) is 5.69 Å². The lowest BCUT2D eigenvalue weighted by Crippen LogP contribution is -2.41. The number of sulfonamides is 1. The zero-order valence-corrected chi connectivity index (χ0v) is 20.2. The van der Waals surface area contributed by atoms with Crippen LogP contribution in [0.1, 0.15) is 23.6 Å². The lowest BCUT2D eigenvalue weighted by Gasteiger charge is -2.24. The van der Waals surface area contributed by atoms with Gasteiger partial charge < -0.3 is 9.64 Å². The van der Waals surface area contributed by atoms with Crippen LogP contribution >= 0.6 is 0 Å². The van der Waals surface area contributed by atoms with Crippen molar-refractivity contribution in [1.82, 2.24) is 4.72 Å². The second kappa shape index (κ2) is 11.1. The average molecular weight is 481 g/mol. The number of aryl methyl sites for hydroxylation is 2. The van der Waals surface area contributed by atoms with E-state index < -0.39 is 34.5 Å². The summed E-state index contributed by atoms with van der Waals surface area (Å²) in [6, 6.07) is 22.0. The maximum absolute atomic E-state index is 13.0. The standard InChI is InChI=1S/C26H28N2O5S/c1-19-12-14-24(15-13-19)34(31,32)27-21(3)26(30)33-18-25(29)28(17-22-9-5-4-6-10-22)23-11-7-8-20(2)16-23/h4-16,21,27H,17-18H2,1-3H3/t21-/m0/s1. The monoisotopic (exact) mass is 480 g/mol. The van der Waals surface area contributed by atoms with Gasteiger partial charge in [-0.2, -0.15) is 4.72 Å². The smallest absolute Gasteiger partial charge is 0.324 e. The molecule has 0 saturated carbocycles. The summed E-state index contributed by atoms with van der Waals surface area (Å²) < 4.78 is 32.5. The van der Waals surface area contributed by atoms with Crippen LogP contribution in [0.25, 0.3) is 0 Å². The molecule has 3 rings (SSSR count). The van der Waals surface area contributed by atoms with Crippen LogP contribution in [0.2, 0.25) is 0 Å². The maximum atomic E-state index is 13.0. The third-order valence-corrected chi connectivity index (χ3v) is 6.71. The van der Waals surface area contributed by atoms with Crippen molar-refractivity contribution in [1.29, 1.82) is 0 Å². The maximum Gasteiger partial charge on any atom is 0.324 e. The number of benzene rings is 3. The second-order valence-corrected chi connectivity index (χ2v) is 9.78. The van der Waals surface area contributed by atoms with Gasteiger partial charge in [0.15, 0.2) is 6.61 Å². The van der Waals surface area contributed by atoms with Gasteiger partial charge in [-0.3, -0.25) is 9.59 Å². The fraction of sp³-hybridized carbons (Fsp3) is 0.231. The number of ether oxygens (including phenoxy) is 1. The molecule has 7 nitrogen and oxygen atoms in total. The van der Waals surface area contributed by atoms with E-state index in [0.717, 1.165) is 16.7 Å². The molecule has 0 unspecified atom stereocenters. The minimum atomic E-state index is -3.91. The first-order chi connectivity index (χ1) is 16.2. The molecule has 0 heterocycles. The number of carbonyl (C=O) groups is 2. The van der Waals surface area contributed by atoms with E-state index in [2.05, 4.69) is 4.72 Å². The first kappa shape index (κ1) is 25.1. The van der Waals surface area contributed by atoms with Crippen LogP contribution in [0.15, 0.2) is 83.8 Å². The predicted molar refractivity (Wildman–Crippen MR) is 131 cm³/mol. The van der Waals surface area contributed by atoms with E-state index >= 15 is 0 Å². The van der Waals surface area contributed by atoms with E-state index in [4.69, 9.17) is 4.74 Å². The molecule has 34 heavy (non-hydrogen) atoms. The quantitative estimate of drug-likeness (QED) is 0.471. The largest absolute Gasteiger partial charge is 0.454 e. The highest BCUT2D eigenvalue weighted by Gasteiger charge is 2.25. The number of hydrogen-bond acceptors (Lipinski definition) is 5. The molecular weight excluding hydrogens is 452 g/mol. The Morgan fingerprint density at radius 3 is 2.24 bits per heavy atom. The molecule has 1 amide bonds. The van der Waals surface area contributed by atoms with Crippen molar-refractivity contribution in [2.24, 2.45) is 0 Å². The van der Waals surface area contributed by atoms with Gasteiger partial charge in [0.25, 0.3) is 5.91 Å². The Morgan fingerprint density at radius 2 is 1.59 bits per heavy atom. The molecule has 0 bridgehead atoms. The Kier molecular flexibility index (Phi) is 8.20. The van der Waals surface area contributed by atoms with Crippen LogP contribution < -0.4 is 9.62 Å². The van der Waals surface area contributed by atoms with Crippen LogP contribution in [0.5, 0.6) is 0 Å². The minimum Gasteiger partial charge on any atom is -0.454 e. The van der Waals surface area contributed by atoms with Crippen LogP contribution in [0, 0.1) is 13.8 Å². The molecule has 1 N–H and O–H groups in total. The number of amides is 1. The SMILES string of the molecule is Cc1ccc(S(=O)(=O)N[C@@H](C)C(=O)OCC(=O)N(Cc2ccccc2)c2cccc(C)c2)cc1. The summed E-state index contributed by atoms with van der Waals surface area (Å²) in [5.74, 6) is -1.26. The van der Waals surface area contributed by atoms with Crippen molar-refractivity contribution < 1.29 is 22.7 Å². The van der Waals surface area contributed by atoms with Crippen molar-refractivity contribution in [3.05, 3.63) is 95.6 Å². The Labute approximate surface area is 200 Å². The van der Waals surface area contributed by atoms with E-state index in [-0.39, 0.29) is 4.90 Å². The van der Waals surface area contributed by atoms with Crippen LogP contribution in [0.3, 0.4) is 0 Å². The molecule has 8 heteroatoms. The summed E-state index contributed by atoms with van der Waals surface area (Å²) in [6.45, 7) is 4.93. The highest BCUT2D eigenvalue weighted by molar-refractivity contribution is 7.89. The van der Waals surface area contributed by atoms with E-state index in [9.17, 15) is 18.0 Å². The molecule has 0 aromatic heterocycles. The zero-order valence-electron chi connectivity index (χ0n) is 19.4. The first-order valence-electron chi connectivity index (χ1n) is 10.8. The predicted octanol–water partition coefficient (Wildman–Crippen LogP) is 3.75. The van der Waals surface area contributed by atoms with E-state index in [1.165, 1.54) is 24.0 Å². The Morgan fingerprint density at radius 1 is 0.912 bits per heavy atom. The van der Waals surface area contributed by atoms with Crippen LogP contribution in [-0.4, -0.2) is 32.9 Å². The van der Waals surface area contributed by atoms with E-state index in [0.29, 0.717) is 12.2 Å². The third-order valence-electron chi connectivity index (χ3n) is 5.15. The highest BCUT2D eigenvalue weighted by Crippen LogP contribution is 2.19. The number of anilines is 1. The topological polar surface area (TPSA) is 92.8 Å². The van der Waals surface area contributed by atoms with Gasteiger partial charge in [-0.15, -0.1) is 0 Å². The average Bonchev–Trinajstić information content (AvgIpc) is 2.81. The fourth-order valence-corrected chi connectivity index (χ4v) is 4.48. The van der Waals surface area contributed by atoms with Gasteiger partial charge in [0.05, 0.1) is 11.4 Å². The fourth-order valence-electron chi connectivity index (χ4n) is 3.29. The molecule has 0 aliphatic carbocycles. The van der Waals surface area contributed by atoms with E-state index in [1.807, 2.05) is 68.4 Å².